The smallest absolute Gasteiger partial charge is 0.312 e. The molecule has 25 heavy (non-hydrogen) atoms. The second-order valence-corrected chi connectivity index (χ2v) is 6.04. The molecule has 0 saturated heterocycles. The number of pyridine rings is 1. The molecule has 0 fully saturated rings. The molecule has 0 aliphatic carbocycles. The van der Waals surface area contributed by atoms with Crippen molar-refractivity contribution in [3.8, 4) is 0 Å². The van der Waals surface area contributed by atoms with Crippen LogP contribution in [0.4, 0.5) is 11.5 Å². The summed E-state index contributed by atoms with van der Waals surface area (Å²) in [6, 6.07) is 1.56. The average Bonchev–Trinajstić information content (AvgIpc) is 2.79. The van der Waals surface area contributed by atoms with Gasteiger partial charge in [0.2, 0.25) is 5.91 Å². The first-order valence-corrected chi connectivity index (χ1v) is 8.05. The number of hydrogen-bond donors (Lipinski definition) is 2. The first kappa shape index (κ1) is 18.9. The lowest BCUT2D eigenvalue weighted by atomic mass is 10.3. The van der Waals surface area contributed by atoms with Crippen LogP contribution in [0.15, 0.2) is 12.3 Å². The third kappa shape index (κ3) is 4.80. The monoisotopic (exact) mass is 386 g/mol. The molecule has 0 aliphatic heterocycles. The number of nitrogens with zero attached hydrogens (tertiary/aromatic N) is 4. The Kier molecular flexibility index (Phi) is 6.16. The maximum Gasteiger partial charge on any atom is 0.312 e. The maximum absolute atomic E-state index is 11.9. The Hall–Kier alpha value is -2.39. The number of carbonyl (C=O) groups excluding carboxylic acids is 1. The molecule has 2 N–H and O–H groups in total. The van der Waals surface area contributed by atoms with Gasteiger partial charge in [0, 0.05) is 19.3 Å². The number of anilines is 1. The van der Waals surface area contributed by atoms with E-state index in [9.17, 15) is 14.9 Å². The summed E-state index contributed by atoms with van der Waals surface area (Å²) in [7, 11) is 0. The van der Waals surface area contributed by atoms with Crippen LogP contribution in [0.5, 0.6) is 0 Å². The van der Waals surface area contributed by atoms with Crippen molar-refractivity contribution < 1.29 is 9.72 Å². The van der Waals surface area contributed by atoms with Gasteiger partial charge in [0.25, 0.3) is 0 Å². The zero-order chi connectivity index (χ0) is 18.6. The standard InChI is InChI=1S/C14H16Cl2N6O3/c1-8-13(22(24)25)9(2)21(20-8)7-12(23)17-3-4-18-14-11(16)5-10(15)6-19-14/h5-6H,3-4,7H2,1-2H3,(H,17,23)(H,18,19). The Labute approximate surface area is 153 Å². The first-order chi connectivity index (χ1) is 11.8. The van der Waals surface area contributed by atoms with E-state index in [-0.39, 0.29) is 23.8 Å². The van der Waals surface area contributed by atoms with Crippen molar-refractivity contribution in [2.24, 2.45) is 0 Å². The Bertz CT molecular complexity index is 808. The average molecular weight is 387 g/mol. The molecule has 2 rings (SSSR count). The fraction of sp³-hybridized carbons (Fsp3) is 0.357. The van der Waals surface area contributed by atoms with Gasteiger partial charge in [0.15, 0.2) is 0 Å². The van der Waals surface area contributed by atoms with E-state index < -0.39 is 4.92 Å². The molecule has 2 aromatic rings. The fourth-order valence-electron chi connectivity index (χ4n) is 2.23. The summed E-state index contributed by atoms with van der Waals surface area (Å²) in [6.45, 7) is 3.71. The Morgan fingerprint density at radius 1 is 1.36 bits per heavy atom. The van der Waals surface area contributed by atoms with Crippen molar-refractivity contribution in [1.82, 2.24) is 20.1 Å². The van der Waals surface area contributed by atoms with Gasteiger partial charge in [-0.15, -0.1) is 0 Å². The molecule has 0 saturated carbocycles. The lowest BCUT2D eigenvalue weighted by Crippen LogP contribution is -2.32. The fourth-order valence-corrected chi connectivity index (χ4v) is 2.67. The highest BCUT2D eigenvalue weighted by Gasteiger charge is 2.22. The molecule has 0 aromatic carbocycles. The van der Waals surface area contributed by atoms with Crippen molar-refractivity contribution in [3.05, 3.63) is 43.8 Å². The number of nitro groups is 1. The van der Waals surface area contributed by atoms with Gasteiger partial charge in [-0.2, -0.15) is 5.10 Å². The van der Waals surface area contributed by atoms with E-state index in [1.54, 1.807) is 13.0 Å². The SMILES string of the molecule is Cc1nn(CC(=O)NCCNc2ncc(Cl)cc2Cl)c(C)c1[N+](=O)[O-]. The van der Waals surface area contributed by atoms with Crippen LogP contribution in [0.3, 0.4) is 0 Å². The molecule has 0 unspecified atom stereocenters. The van der Waals surface area contributed by atoms with Crippen molar-refractivity contribution in [2.45, 2.75) is 20.4 Å². The minimum atomic E-state index is -0.501. The third-order valence-corrected chi connectivity index (χ3v) is 3.86. The van der Waals surface area contributed by atoms with Crippen LogP contribution < -0.4 is 10.6 Å². The number of rotatable bonds is 7. The van der Waals surface area contributed by atoms with Gasteiger partial charge < -0.3 is 10.6 Å². The maximum atomic E-state index is 11.9. The second-order valence-electron chi connectivity index (χ2n) is 5.19. The number of aromatic nitrogens is 3. The zero-order valence-electron chi connectivity index (χ0n) is 13.5. The minimum Gasteiger partial charge on any atom is -0.367 e. The molecule has 0 spiro atoms. The summed E-state index contributed by atoms with van der Waals surface area (Å²) in [4.78, 5) is 26.4. The minimum absolute atomic E-state index is 0.0714. The normalized spacial score (nSPS) is 10.6. The Morgan fingerprint density at radius 3 is 2.68 bits per heavy atom. The van der Waals surface area contributed by atoms with E-state index in [1.807, 2.05) is 0 Å². The first-order valence-electron chi connectivity index (χ1n) is 7.29. The van der Waals surface area contributed by atoms with Gasteiger partial charge >= 0.3 is 5.69 Å². The number of aryl methyl sites for hydroxylation is 1. The van der Waals surface area contributed by atoms with E-state index in [0.717, 1.165) is 0 Å². The summed E-state index contributed by atoms with van der Waals surface area (Å²) in [5.41, 5.74) is 0.547. The van der Waals surface area contributed by atoms with Gasteiger partial charge in [0.1, 0.15) is 23.8 Å². The predicted molar refractivity (Wildman–Crippen MR) is 94.1 cm³/mol. The summed E-state index contributed by atoms with van der Waals surface area (Å²) < 4.78 is 1.31. The molecule has 9 nitrogen and oxygen atoms in total. The Balaban J connectivity index is 1.83. The molecule has 2 heterocycles. The molecule has 0 radical (unpaired) electrons. The van der Waals surface area contributed by atoms with Crippen molar-refractivity contribution in [3.63, 3.8) is 0 Å². The highest BCUT2D eigenvalue weighted by atomic mass is 35.5. The number of nitrogens with one attached hydrogen (secondary N) is 2. The number of amides is 1. The lowest BCUT2D eigenvalue weighted by Gasteiger charge is -2.09. The van der Waals surface area contributed by atoms with E-state index in [4.69, 9.17) is 23.2 Å². The van der Waals surface area contributed by atoms with Crippen LogP contribution in [0, 0.1) is 24.0 Å². The summed E-state index contributed by atoms with van der Waals surface area (Å²) >= 11 is 11.7. The molecule has 134 valence electrons. The van der Waals surface area contributed by atoms with Crippen molar-refractivity contribution >= 4 is 40.6 Å². The summed E-state index contributed by atoms with van der Waals surface area (Å²) in [5, 5.41) is 21.5. The molecular formula is C14H16Cl2N6O3. The molecule has 1 amide bonds. The van der Waals surface area contributed by atoms with Crippen LogP contribution in [0.1, 0.15) is 11.4 Å². The topological polar surface area (TPSA) is 115 Å². The van der Waals surface area contributed by atoms with Gasteiger partial charge in [-0.1, -0.05) is 23.2 Å². The molecule has 0 bridgehead atoms. The van der Waals surface area contributed by atoms with Gasteiger partial charge in [0.05, 0.1) is 15.0 Å². The molecule has 2 aromatic heterocycles. The Morgan fingerprint density at radius 2 is 2.08 bits per heavy atom. The number of carbonyl (C=O) groups is 1. The summed E-state index contributed by atoms with van der Waals surface area (Å²) in [5.74, 6) is 0.159. The van der Waals surface area contributed by atoms with E-state index in [2.05, 4.69) is 20.7 Å². The second kappa shape index (κ2) is 8.13. The van der Waals surface area contributed by atoms with Gasteiger partial charge in [-0.05, 0) is 19.9 Å². The van der Waals surface area contributed by atoms with Crippen LogP contribution in [0.2, 0.25) is 10.0 Å². The van der Waals surface area contributed by atoms with Crippen LogP contribution in [0.25, 0.3) is 0 Å². The van der Waals surface area contributed by atoms with E-state index in [0.29, 0.717) is 34.6 Å². The predicted octanol–water partition coefficient (Wildman–Crippen LogP) is 2.34. The lowest BCUT2D eigenvalue weighted by molar-refractivity contribution is -0.386. The van der Waals surface area contributed by atoms with E-state index >= 15 is 0 Å². The summed E-state index contributed by atoms with van der Waals surface area (Å²) in [6.07, 6.45) is 1.46. The van der Waals surface area contributed by atoms with Crippen LogP contribution in [-0.2, 0) is 11.3 Å². The van der Waals surface area contributed by atoms with Gasteiger partial charge in [-0.25, -0.2) is 4.98 Å². The number of halogens is 2. The third-order valence-electron chi connectivity index (χ3n) is 3.37. The van der Waals surface area contributed by atoms with Gasteiger partial charge in [-0.3, -0.25) is 19.6 Å². The highest BCUT2D eigenvalue weighted by Crippen LogP contribution is 2.22. The molecular weight excluding hydrogens is 371 g/mol. The van der Waals surface area contributed by atoms with E-state index in [1.165, 1.54) is 17.8 Å². The molecule has 0 aliphatic rings. The van der Waals surface area contributed by atoms with Crippen LogP contribution in [-0.4, -0.2) is 38.7 Å². The highest BCUT2D eigenvalue weighted by molar-refractivity contribution is 6.35. The quantitative estimate of drug-likeness (QED) is 0.428. The van der Waals surface area contributed by atoms with Crippen molar-refractivity contribution in [1.29, 1.82) is 0 Å². The van der Waals surface area contributed by atoms with Crippen LogP contribution >= 0.6 is 23.2 Å². The number of hydrogen-bond acceptors (Lipinski definition) is 6. The van der Waals surface area contributed by atoms with Crippen molar-refractivity contribution in [2.75, 3.05) is 18.4 Å². The largest absolute Gasteiger partial charge is 0.367 e. The molecule has 11 heteroatoms. The molecule has 0 atom stereocenters. The zero-order valence-corrected chi connectivity index (χ0v) is 15.1.